The van der Waals surface area contributed by atoms with E-state index < -0.39 is 0 Å². The van der Waals surface area contributed by atoms with Gasteiger partial charge < -0.3 is 19.5 Å². The van der Waals surface area contributed by atoms with Crippen LogP contribution >= 0.6 is 11.8 Å². The highest BCUT2D eigenvalue weighted by Gasteiger charge is 2.25. The Balaban J connectivity index is 1.81. The molecule has 0 saturated carbocycles. The number of nitrogens with one attached hydrogen (secondary N) is 1. The third-order valence-corrected chi connectivity index (χ3v) is 5.50. The van der Waals surface area contributed by atoms with Crippen molar-refractivity contribution in [2.75, 3.05) is 25.1 Å². The second-order valence-electron chi connectivity index (χ2n) is 6.28. The number of fused-ring (bicyclic) bond motifs is 2. The SMILES string of the molecule is CCOC(CCCOc1c(C#N)c(C#N)cc2c1Nc1ccccc1S2)OCC. The number of nitrogens with zero attached hydrogens (tertiary/aromatic N) is 2. The van der Waals surface area contributed by atoms with Gasteiger partial charge in [-0.1, -0.05) is 23.9 Å². The summed E-state index contributed by atoms with van der Waals surface area (Å²) in [6, 6.07) is 13.9. The summed E-state index contributed by atoms with van der Waals surface area (Å²) >= 11 is 1.56. The predicted molar refractivity (Wildman–Crippen MR) is 111 cm³/mol. The third kappa shape index (κ3) is 4.83. The number of benzene rings is 2. The molecule has 1 heterocycles. The molecular weight excluding hydrogens is 386 g/mol. The fraction of sp³-hybridized carbons (Fsp3) is 0.364. The quantitative estimate of drug-likeness (QED) is 0.384. The van der Waals surface area contributed by atoms with E-state index in [0.717, 1.165) is 21.2 Å². The van der Waals surface area contributed by atoms with E-state index in [9.17, 15) is 10.5 Å². The molecule has 2 aromatic rings. The molecule has 0 radical (unpaired) electrons. The molecule has 0 fully saturated rings. The maximum atomic E-state index is 9.66. The number of hydrogen-bond donors (Lipinski definition) is 1. The zero-order chi connectivity index (χ0) is 20.6. The number of nitriles is 2. The van der Waals surface area contributed by atoms with E-state index in [1.165, 1.54) is 0 Å². The van der Waals surface area contributed by atoms with Gasteiger partial charge in [-0.05, 0) is 38.5 Å². The molecule has 6 nitrogen and oxygen atoms in total. The van der Waals surface area contributed by atoms with Crippen molar-refractivity contribution in [3.05, 3.63) is 41.5 Å². The van der Waals surface area contributed by atoms with Crippen molar-refractivity contribution in [2.45, 2.75) is 42.8 Å². The van der Waals surface area contributed by atoms with E-state index in [4.69, 9.17) is 14.2 Å². The van der Waals surface area contributed by atoms with Crippen LogP contribution in [0.4, 0.5) is 11.4 Å². The van der Waals surface area contributed by atoms with Crippen LogP contribution in [0.25, 0.3) is 0 Å². The maximum absolute atomic E-state index is 9.66. The van der Waals surface area contributed by atoms with Crippen LogP contribution in [-0.2, 0) is 9.47 Å². The smallest absolute Gasteiger partial charge is 0.162 e. The molecule has 0 atom stereocenters. The zero-order valence-corrected chi connectivity index (χ0v) is 17.3. The first-order chi connectivity index (χ1) is 14.2. The van der Waals surface area contributed by atoms with Gasteiger partial charge in [0.1, 0.15) is 17.7 Å². The molecule has 150 valence electrons. The summed E-state index contributed by atoms with van der Waals surface area (Å²) in [5.74, 6) is 0.424. The van der Waals surface area contributed by atoms with Crippen molar-refractivity contribution in [3.8, 4) is 17.9 Å². The van der Waals surface area contributed by atoms with Crippen molar-refractivity contribution < 1.29 is 14.2 Å². The van der Waals surface area contributed by atoms with E-state index in [2.05, 4.69) is 17.5 Å². The number of para-hydroxylation sites is 1. The number of hydrogen-bond acceptors (Lipinski definition) is 7. The highest BCUT2D eigenvalue weighted by Crippen LogP contribution is 2.49. The normalized spacial score (nSPS) is 11.8. The Morgan fingerprint density at radius 1 is 1.07 bits per heavy atom. The number of anilines is 2. The van der Waals surface area contributed by atoms with Gasteiger partial charge in [-0.2, -0.15) is 10.5 Å². The van der Waals surface area contributed by atoms with E-state index in [1.807, 2.05) is 38.1 Å². The minimum atomic E-state index is -0.260. The van der Waals surface area contributed by atoms with Crippen LogP contribution in [0.3, 0.4) is 0 Å². The summed E-state index contributed by atoms with van der Waals surface area (Å²) in [6.07, 6.45) is 1.13. The van der Waals surface area contributed by atoms with E-state index >= 15 is 0 Å². The van der Waals surface area contributed by atoms with Crippen LogP contribution in [0.5, 0.6) is 5.75 Å². The summed E-state index contributed by atoms with van der Waals surface area (Å²) in [4.78, 5) is 1.94. The van der Waals surface area contributed by atoms with Gasteiger partial charge >= 0.3 is 0 Å². The Bertz CT molecular complexity index is 944. The van der Waals surface area contributed by atoms with Crippen molar-refractivity contribution in [1.82, 2.24) is 0 Å². The molecule has 0 aliphatic carbocycles. The molecule has 0 unspecified atom stereocenters. The van der Waals surface area contributed by atoms with Crippen LogP contribution in [0, 0.1) is 22.7 Å². The maximum Gasteiger partial charge on any atom is 0.162 e. The zero-order valence-electron chi connectivity index (χ0n) is 16.5. The van der Waals surface area contributed by atoms with Crippen molar-refractivity contribution in [3.63, 3.8) is 0 Å². The molecule has 29 heavy (non-hydrogen) atoms. The van der Waals surface area contributed by atoms with Crippen LogP contribution in [0.15, 0.2) is 40.1 Å². The van der Waals surface area contributed by atoms with Gasteiger partial charge in [-0.3, -0.25) is 0 Å². The summed E-state index contributed by atoms with van der Waals surface area (Å²) in [7, 11) is 0. The molecule has 3 rings (SSSR count). The molecule has 2 aromatic carbocycles. The van der Waals surface area contributed by atoms with Gasteiger partial charge in [0.05, 0.1) is 23.5 Å². The lowest BCUT2D eigenvalue weighted by Crippen LogP contribution is -2.18. The van der Waals surface area contributed by atoms with Gasteiger partial charge in [0.15, 0.2) is 12.0 Å². The minimum absolute atomic E-state index is 0.255. The lowest BCUT2D eigenvalue weighted by molar-refractivity contribution is -0.140. The monoisotopic (exact) mass is 409 g/mol. The Kier molecular flexibility index (Phi) is 7.37. The topological polar surface area (TPSA) is 87.3 Å². The van der Waals surface area contributed by atoms with Crippen LogP contribution in [-0.4, -0.2) is 26.1 Å². The highest BCUT2D eigenvalue weighted by molar-refractivity contribution is 7.99. The lowest BCUT2D eigenvalue weighted by Gasteiger charge is -2.24. The fourth-order valence-electron chi connectivity index (χ4n) is 3.10. The third-order valence-electron chi connectivity index (χ3n) is 4.38. The molecule has 1 aliphatic rings. The Morgan fingerprint density at radius 2 is 1.83 bits per heavy atom. The molecule has 1 N–H and O–H groups in total. The Hall–Kier alpha value is -2.71. The van der Waals surface area contributed by atoms with Gasteiger partial charge in [-0.15, -0.1) is 0 Å². The van der Waals surface area contributed by atoms with Gasteiger partial charge in [-0.25, -0.2) is 0 Å². The van der Waals surface area contributed by atoms with E-state index in [-0.39, 0.29) is 11.9 Å². The molecule has 1 aliphatic heterocycles. The largest absolute Gasteiger partial charge is 0.490 e. The van der Waals surface area contributed by atoms with Crippen molar-refractivity contribution >= 4 is 23.1 Å². The average molecular weight is 410 g/mol. The average Bonchev–Trinajstić information content (AvgIpc) is 2.74. The lowest BCUT2D eigenvalue weighted by atomic mass is 10.1. The summed E-state index contributed by atoms with van der Waals surface area (Å²) < 4.78 is 17.1. The molecule has 7 heteroatoms. The Morgan fingerprint density at radius 3 is 2.52 bits per heavy atom. The van der Waals surface area contributed by atoms with E-state index in [1.54, 1.807) is 17.8 Å². The Labute approximate surface area is 175 Å². The first-order valence-electron chi connectivity index (χ1n) is 9.62. The standard InChI is InChI=1S/C22H23N3O3S/c1-3-26-20(27-4-2)10-7-11-28-22-16(14-24)15(13-23)12-19-21(22)25-17-8-5-6-9-18(17)29-19/h5-6,8-9,12,20,25H,3-4,7,10-11H2,1-2H3. The number of ether oxygens (including phenoxy) is 3. The predicted octanol–water partition coefficient (Wildman–Crippen LogP) is 5.20. The fourth-order valence-corrected chi connectivity index (χ4v) is 4.13. The van der Waals surface area contributed by atoms with Gasteiger partial charge in [0.2, 0.25) is 0 Å². The van der Waals surface area contributed by atoms with Crippen LogP contribution < -0.4 is 10.1 Å². The molecule has 0 bridgehead atoms. The minimum Gasteiger partial charge on any atom is -0.490 e. The molecular formula is C22H23N3O3S. The number of rotatable bonds is 9. The summed E-state index contributed by atoms with van der Waals surface area (Å²) in [5.41, 5.74) is 2.26. The van der Waals surface area contributed by atoms with Gasteiger partial charge in [0.25, 0.3) is 0 Å². The molecule has 0 amide bonds. The summed E-state index contributed by atoms with van der Waals surface area (Å²) in [6.45, 7) is 5.43. The molecule has 0 aromatic heterocycles. The second-order valence-corrected chi connectivity index (χ2v) is 7.36. The molecule has 0 saturated heterocycles. The van der Waals surface area contributed by atoms with Crippen molar-refractivity contribution in [1.29, 1.82) is 10.5 Å². The first kappa shape index (κ1) is 21.0. The van der Waals surface area contributed by atoms with Crippen LogP contribution in [0.2, 0.25) is 0 Å². The van der Waals surface area contributed by atoms with Gasteiger partial charge in [0, 0.05) is 29.4 Å². The first-order valence-corrected chi connectivity index (χ1v) is 10.4. The van der Waals surface area contributed by atoms with Crippen LogP contribution in [0.1, 0.15) is 37.8 Å². The summed E-state index contributed by atoms with van der Waals surface area (Å²) in [5, 5.41) is 22.5. The molecule has 0 spiro atoms. The highest BCUT2D eigenvalue weighted by atomic mass is 32.2. The van der Waals surface area contributed by atoms with Crippen molar-refractivity contribution in [2.24, 2.45) is 0 Å². The second kappa shape index (κ2) is 10.2. The van der Waals surface area contributed by atoms with E-state index in [0.29, 0.717) is 44.0 Å².